The highest BCUT2D eigenvalue weighted by Gasteiger charge is 2.35. The van der Waals surface area contributed by atoms with E-state index in [2.05, 4.69) is 5.10 Å². The second-order valence-corrected chi connectivity index (χ2v) is 5.82. The van der Waals surface area contributed by atoms with E-state index in [1.165, 1.54) is 4.90 Å². The number of carboxylic acid groups (broad SMARTS) is 1. The molecule has 1 aromatic heterocycles. The number of benzene rings is 1. The lowest BCUT2D eigenvalue weighted by molar-refractivity contribution is -0.141. The van der Waals surface area contributed by atoms with Crippen molar-refractivity contribution in [1.29, 1.82) is 0 Å². The highest BCUT2D eigenvalue weighted by Crippen LogP contribution is 2.24. The summed E-state index contributed by atoms with van der Waals surface area (Å²) < 4.78 is 6.91. The van der Waals surface area contributed by atoms with Crippen LogP contribution >= 0.6 is 0 Å². The number of carbonyl (C=O) groups is 2. The Morgan fingerprint density at radius 2 is 2.12 bits per heavy atom. The van der Waals surface area contributed by atoms with Gasteiger partial charge in [-0.25, -0.2) is 9.48 Å². The molecule has 2 aromatic rings. The van der Waals surface area contributed by atoms with E-state index in [1.807, 2.05) is 25.1 Å². The van der Waals surface area contributed by atoms with E-state index in [4.69, 9.17) is 4.74 Å². The molecule has 7 nitrogen and oxygen atoms in total. The molecule has 1 fully saturated rings. The average Bonchev–Trinajstić information content (AvgIpc) is 3.23. The molecule has 1 aliphatic heterocycles. The summed E-state index contributed by atoms with van der Waals surface area (Å²) in [6.07, 6.45) is 2.85. The number of hydrogen-bond acceptors (Lipinski definition) is 4. The van der Waals surface area contributed by atoms with Gasteiger partial charge in [-0.05, 0) is 43.5 Å². The van der Waals surface area contributed by atoms with E-state index in [9.17, 15) is 14.7 Å². The molecule has 1 atom stereocenters. The first kappa shape index (κ1) is 16.0. The van der Waals surface area contributed by atoms with Crippen molar-refractivity contribution in [3.05, 3.63) is 41.7 Å². The summed E-state index contributed by atoms with van der Waals surface area (Å²) in [4.78, 5) is 25.2. The fraction of sp³-hybridized carbons (Fsp3) is 0.353. The fourth-order valence-electron chi connectivity index (χ4n) is 2.96. The summed E-state index contributed by atoms with van der Waals surface area (Å²) in [5.41, 5.74) is 2.00. The van der Waals surface area contributed by atoms with Gasteiger partial charge in [0.2, 0.25) is 0 Å². The van der Waals surface area contributed by atoms with E-state index < -0.39 is 12.0 Å². The molecule has 1 amide bonds. The van der Waals surface area contributed by atoms with Crippen molar-refractivity contribution < 1.29 is 19.4 Å². The molecule has 1 saturated heterocycles. The highest BCUT2D eigenvalue weighted by molar-refractivity contribution is 5.95. The number of carbonyl (C=O) groups excluding carboxylic acids is 1. The number of amides is 1. The Balaban J connectivity index is 1.90. The van der Waals surface area contributed by atoms with Crippen LogP contribution in [0, 0.1) is 6.92 Å². The lowest BCUT2D eigenvalue weighted by Crippen LogP contribution is -2.40. The minimum absolute atomic E-state index is 0.228. The SMILES string of the molecule is COc1ccc(C)cc1-n1ccc(C(=O)N2CCCC2C(=O)O)n1. The fourth-order valence-corrected chi connectivity index (χ4v) is 2.96. The van der Waals surface area contributed by atoms with Crippen LogP contribution < -0.4 is 4.74 Å². The molecule has 0 radical (unpaired) electrons. The van der Waals surface area contributed by atoms with Crippen molar-refractivity contribution in [3.8, 4) is 11.4 Å². The molecule has 0 aliphatic carbocycles. The van der Waals surface area contributed by atoms with Gasteiger partial charge in [-0.3, -0.25) is 4.79 Å². The Labute approximate surface area is 139 Å². The monoisotopic (exact) mass is 329 g/mol. The second kappa shape index (κ2) is 6.35. The van der Waals surface area contributed by atoms with Crippen molar-refractivity contribution >= 4 is 11.9 Å². The van der Waals surface area contributed by atoms with Crippen molar-refractivity contribution in [3.63, 3.8) is 0 Å². The Kier molecular flexibility index (Phi) is 4.24. The topological polar surface area (TPSA) is 84.7 Å². The van der Waals surface area contributed by atoms with E-state index >= 15 is 0 Å². The number of methoxy groups -OCH3 is 1. The second-order valence-electron chi connectivity index (χ2n) is 5.82. The third kappa shape index (κ3) is 2.84. The average molecular weight is 329 g/mol. The first-order valence-electron chi connectivity index (χ1n) is 7.75. The molecule has 3 rings (SSSR count). The van der Waals surface area contributed by atoms with Crippen LogP contribution in [0.25, 0.3) is 5.69 Å². The van der Waals surface area contributed by atoms with Crippen LogP contribution in [0.1, 0.15) is 28.9 Å². The number of nitrogens with zero attached hydrogens (tertiary/aromatic N) is 3. The molecule has 1 unspecified atom stereocenters. The molecule has 7 heteroatoms. The summed E-state index contributed by atoms with van der Waals surface area (Å²) in [5, 5.41) is 13.5. The van der Waals surface area contributed by atoms with Gasteiger partial charge in [0, 0.05) is 12.7 Å². The summed E-state index contributed by atoms with van der Waals surface area (Å²) in [7, 11) is 1.57. The molecule has 2 heterocycles. The number of ether oxygens (including phenoxy) is 1. The third-order valence-electron chi connectivity index (χ3n) is 4.19. The van der Waals surface area contributed by atoms with Gasteiger partial charge in [-0.1, -0.05) is 6.07 Å². The minimum Gasteiger partial charge on any atom is -0.494 e. The van der Waals surface area contributed by atoms with Crippen LogP contribution in [0.5, 0.6) is 5.75 Å². The molecule has 0 spiro atoms. The highest BCUT2D eigenvalue weighted by atomic mass is 16.5. The zero-order valence-corrected chi connectivity index (χ0v) is 13.6. The summed E-state index contributed by atoms with van der Waals surface area (Å²) in [5.74, 6) is -0.682. The van der Waals surface area contributed by atoms with E-state index in [-0.39, 0.29) is 11.6 Å². The summed E-state index contributed by atoms with van der Waals surface area (Å²) in [6, 6.07) is 6.52. The number of aliphatic carboxylic acids is 1. The number of likely N-dealkylation sites (tertiary alicyclic amines) is 1. The van der Waals surface area contributed by atoms with Gasteiger partial charge in [-0.15, -0.1) is 0 Å². The zero-order valence-electron chi connectivity index (χ0n) is 13.6. The normalized spacial score (nSPS) is 17.1. The molecule has 24 heavy (non-hydrogen) atoms. The number of aromatic nitrogens is 2. The number of hydrogen-bond donors (Lipinski definition) is 1. The van der Waals surface area contributed by atoms with Gasteiger partial charge in [0.1, 0.15) is 17.5 Å². The molecule has 0 bridgehead atoms. The van der Waals surface area contributed by atoms with E-state index in [0.29, 0.717) is 25.1 Å². The summed E-state index contributed by atoms with van der Waals surface area (Å²) >= 11 is 0. The minimum atomic E-state index is -0.972. The van der Waals surface area contributed by atoms with Crippen molar-refractivity contribution in [2.24, 2.45) is 0 Å². The Morgan fingerprint density at radius 1 is 1.33 bits per heavy atom. The maximum atomic E-state index is 12.6. The van der Waals surface area contributed by atoms with Gasteiger partial charge in [0.05, 0.1) is 7.11 Å². The Morgan fingerprint density at radius 3 is 2.83 bits per heavy atom. The number of aryl methyl sites for hydroxylation is 1. The molecule has 126 valence electrons. The molecule has 0 saturated carbocycles. The van der Waals surface area contributed by atoms with Gasteiger partial charge in [-0.2, -0.15) is 5.10 Å². The van der Waals surface area contributed by atoms with Crippen LogP contribution in [0.3, 0.4) is 0 Å². The zero-order chi connectivity index (χ0) is 17.3. The van der Waals surface area contributed by atoms with Gasteiger partial charge in [0.25, 0.3) is 5.91 Å². The van der Waals surface area contributed by atoms with Crippen LogP contribution in [-0.2, 0) is 4.79 Å². The first-order valence-corrected chi connectivity index (χ1v) is 7.75. The largest absolute Gasteiger partial charge is 0.494 e. The van der Waals surface area contributed by atoms with E-state index in [1.54, 1.807) is 24.1 Å². The predicted molar refractivity (Wildman–Crippen MR) is 86.5 cm³/mol. The van der Waals surface area contributed by atoms with Gasteiger partial charge < -0.3 is 14.7 Å². The van der Waals surface area contributed by atoms with Gasteiger partial charge in [0.15, 0.2) is 5.69 Å². The summed E-state index contributed by atoms with van der Waals surface area (Å²) in [6.45, 7) is 2.40. The van der Waals surface area contributed by atoms with Crippen LogP contribution in [0.4, 0.5) is 0 Å². The first-order chi connectivity index (χ1) is 11.5. The number of carboxylic acids is 1. The number of rotatable bonds is 4. The maximum Gasteiger partial charge on any atom is 0.326 e. The van der Waals surface area contributed by atoms with Crippen LogP contribution in [-0.4, -0.2) is 51.4 Å². The third-order valence-corrected chi connectivity index (χ3v) is 4.19. The lowest BCUT2D eigenvalue weighted by Gasteiger charge is -2.20. The Hall–Kier alpha value is -2.83. The standard InChI is InChI=1S/C17H19N3O4/c1-11-5-6-15(24-2)14(10-11)20-9-7-12(18-20)16(21)19-8-3-4-13(19)17(22)23/h5-7,9-10,13H,3-4,8H2,1-2H3,(H,22,23). The van der Waals surface area contributed by atoms with Crippen LogP contribution in [0.15, 0.2) is 30.5 Å². The van der Waals surface area contributed by atoms with Gasteiger partial charge >= 0.3 is 5.97 Å². The predicted octanol–water partition coefficient (Wildman–Crippen LogP) is 1.88. The quantitative estimate of drug-likeness (QED) is 0.926. The molecular weight excluding hydrogens is 310 g/mol. The molecule has 1 aliphatic rings. The molecule has 1 aromatic carbocycles. The van der Waals surface area contributed by atoms with Crippen molar-refractivity contribution in [1.82, 2.24) is 14.7 Å². The van der Waals surface area contributed by atoms with Crippen molar-refractivity contribution in [2.75, 3.05) is 13.7 Å². The van der Waals surface area contributed by atoms with Crippen LogP contribution in [0.2, 0.25) is 0 Å². The van der Waals surface area contributed by atoms with E-state index in [0.717, 1.165) is 11.3 Å². The lowest BCUT2D eigenvalue weighted by atomic mass is 10.2. The van der Waals surface area contributed by atoms with Crippen molar-refractivity contribution in [2.45, 2.75) is 25.8 Å². The Bertz CT molecular complexity index is 784. The molecular formula is C17H19N3O4. The smallest absolute Gasteiger partial charge is 0.326 e. The molecule has 1 N–H and O–H groups in total. The maximum absolute atomic E-state index is 12.6.